The summed E-state index contributed by atoms with van der Waals surface area (Å²) in [5.74, 6) is 0.550. The van der Waals surface area contributed by atoms with Gasteiger partial charge in [-0.2, -0.15) is 5.26 Å². The number of nitrogens with zero attached hydrogens (tertiary/aromatic N) is 2. The minimum absolute atomic E-state index is 0.0251. The first kappa shape index (κ1) is 14.9. The van der Waals surface area contributed by atoms with Gasteiger partial charge in [-0.1, -0.05) is 0 Å². The van der Waals surface area contributed by atoms with Gasteiger partial charge in [0.1, 0.15) is 11.3 Å². The molecule has 0 aliphatic heterocycles. The highest BCUT2D eigenvalue weighted by molar-refractivity contribution is 5.36. The molecule has 0 heterocycles. The number of rotatable bonds is 6. The summed E-state index contributed by atoms with van der Waals surface area (Å²) in [4.78, 5) is 10.1. The second kappa shape index (κ2) is 6.16. The second-order valence-electron chi connectivity index (χ2n) is 4.58. The Kier molecular flexibility index (Phi) is 4.84. The van der Waals surface area contributed by atoms with E-state index in [1.807, 2.05) is 6.92 Å². The molecule has 6 heteroatoms. The first-order chi connectivity index (χ1) is 8.90. The highest BCUT2D eigenvalue weighted by Gasteiger charge is 2.25. The molecule has 0 fully saturated rings. The molecule has 1 N–H and O–H groups in total. The van der Waals surface area contributed by atoms with E-state index >= 15 is 0 Å². The molecule has 1 rings (SSSR count). The average Bonchev–Trinajstić information content (AvgIpc) is 2.39. The molecule has 0 aliphatic carbocycles. The van der Waals surface area contributed by atoms with Crippen LogP contribution in [0.25, 0.3) is 0 Å². The highest BCUT2D eigenvalue weighted by atomic mass is 16.6. The standard InChI is InChI=1S/C13H17N3O3/c1-10(8-13(2,9-14)15-3)19-12-6-4-11(5-7-12)16(17)18/h4-7,10,15H,8H2,1-3H3. The predicted molar refractivity (Wildman–Crippen MR) is 70.9 cm³/mol. The van der Waals surface area contributed by atoms with E-state index < -0.39 is 10.5 Å². The van der Waals surface area contributed by atoms with E-state index in [2.05, 4.69) is 11.4 Å². The number of ether oxygens (including phenoxy) is 1. The van der Waals surface area contributed by atoms with Gasteiger partial charge in [0.05, 0.1) is 17.1 Å². The van der Waals surface area contributed by atoms with Crippen LogP contribution in [0.1, 0.15) is 20.3 Å². The van der Waals surface area contributed by atoms with Crippen molar-refractivity contribution in [1.29, 1.82) is 5.26 Å². The van der Waals surface area contributed by atoms with E-state index in [1.54, 1.807) is 26.1 Å². The first-order valence-corrected chi connectivity index (χ1v) is 5.91. The molecule has 0 spiro atoms. The van der Waals surface area contributed by atoms with Gasteiger partial charge in [0, 0.05) is 18.6 Å². The van der Waals surface area contributed by atoms with Crippen LogP contribution >= 0.6 is 0 Å². The number of hydrogen-bond acceptors (Lipinski definition) is 5. The van der Waals surface area contributed by atoms with Crippen LogP contribution in [0.5, 0.6) is 5.75 Å². The van der Waals surface area contributed by atoms with E-state index in [9.17, 15) is 10.1 Å². The molecule has 2 atom stereocenters. The average molecular weight is 263 g/mol. The number of nitriles is 1. The molecule has 102 valence electrons. The molecule has 0 saturated carbocycles. The lowest BCUT2D eigenvalue weighted by Crippen LogP contribution is -2.41. The van der Waals surface area contributed by atoms with Crippen LogP contribution in [0.4, 0.5) is 5.69 Å². The zero-order valence-corrected chi connectivity index (χ0v) is 11.2. The quantitative estimate of drug-likeness (QED) is 0.628. The molecule has 0 aliphatic rings. The van der Waals surface area contributed by atoms with Gasteiger partial charge in [0.15, 0.2) is 0 Å². The molecular formula is C13H17N3O3. The maximum atomic E-state index is 10.5. The van der Waals surface area contributed by atoms with Crippen molar-refractivity contribution in [3.63, 3.8) is 0 Å². The summed E-state index contributed by atoms with van der Waals surface area (Å²) in [6.07, 6.45) is 0.329. The molecule has 0 bridgehead atoms. The molecular weight excluding hydrogens is 246 g/mol. The Morgan fingerprint density at radius 2 is 2.11 bits per heavy atom. The summed E-state index contributed by atoms with van der Waals surface area (Å²) in [5.41, 5.74) is -0.628. The van der Waals surface area contributed by atoms with E-state index in [-0.39, 0.29) is 11.8 Å². The Hall–Kier alpha value is -2.13. The largest absolute Gasteiger partial charge is 0.491 e. The van der Waals surface area contributed by atoms with Crippen LogP contribution in [0.2, 0.25) is 0 Å². The summed E-state index contributed by atoms with van der Waals surface area (Å²) in [5, 5.41) is 22.5. The molecule has 0 saturated heterocycles. The molecule has 19 heavy (non-hydrogen) atoms. The second-order valence-corrected chi connectivity index (χ2v) is 4.58. The van der Waals surface area contributed by atoms with Crippen molar-refractivity contribution in [3.05, 3.63) is 34.4 Å². The lowest BCUT2D eigenvalue weighted by molar-refractivity contribution is -0.384. The van der Waals surface area contributed by atoms with Crippen molar-refractivity contribution in [3.8, 4) is 11.8 Å². The maximum absolute atomic E-state index is 10.5. The van der Waals surface area contributed by atoms with Gasteiger partial charge in [0.2, 0.25) is 0 Å². The molecule has 1 aromatic carbocycles. The van der Waals surface area contributed by atoms with Crippen molar-refractivity contribution in [2.75, 3.05) is 7.05 Å². The molecule has 0 amide bonds. The predicted octanol–water partition coefficient (Wildman–Crippen LogP) is 2.25. The van der Waals surface area contributed by atoms with Gasteiger partial charge in [-0.15, -0.1) is 0 Å². The van der Waals surface area contributed by atoms with Crippen LogP contribution in [0.3, 0.4) is 0 Å². The number of nitro groups is 1. The minimum Gasteiger partial charge on any atom is -0.491 e. The third kappa shape index (κ3) is 4.23. The van der Waals surface area contributed by atoms with Crippen molar-refractivity contribution < 1.29 is 9.66 Å². The van der Waals surface area contributed by atoms with Crippen LogP contribution in [0, 0.1) is 21.4 Å². The zero-order valence-electron chi connectivity index (χ0n) is 11.2. The first-order valence-electron chi connectivity index (χ1n) is 5.91. The van der Waals surface area contributed by atoms with Gasteiger partial charge in [0.25, 0.3) is 5.69 Å². The highest BCUT2D eigenvalue weighted by Crippen LogP contribution is 2.21. The third-order valence-electron chi connectivity index (χ3n) is 2.88. The van der Waals surface area contributed by atoms with Crippen molar-refractivity contribution in [2.45, 2.75) is 31.9 Å². The Bertz CT molecular complexity index is 481. The summed E-state index contributed by atoms with van der Waals surface area (Å²) < 4.78 is 5.63. The molecule has 6 nitrogen and oxygen atoms in total. The van der Waals surface area contributed by atoms with Crippen LogP contribution in [0.15, 0.2) is 24.3 Å². The normalized spacial score (nSPS) is 15.1. The fraction of sp³-hybridized carbons (Fsp3) is 0.462. The fourth-order valence-electron chi connectivity index (χ4n) is 1.70. The van der Waals surface area contributed by atoms with E-state index in [4.69, 9.17) is 10.00 Å². The molecule has 2 unspecified atom stereocenters. The maximum Gasteiger partial charge on any atom is 0.269 e. The van der Waals surface area contributed by atoms with E-state index in [1.165, 1.54) is 12.1 Å². The Balaban J connectivity index is 2.65. The van der Waals surface area contributed by atoms with Gasteiger partial charge >= 0.3 is 0 Å². The molecule has 0 aromatic heterocycles. The van der Waals surface area contributed by atoms with Crippen LogP contribution < -0.4 is 10.1 Å². The van der Waals surface area contributed by atoms with Gasteiger partial charge in [-0.05, 0) is 33.0 Å². The lowest BCUT2D eigenvalue weighted by atomic mass is 9.97. The summed E-state index contributed by atoms with van der Waals surface area (Å²) in [6, 6.07) is 8.08. The summed E-state index contributed by atoms with van der Waals surface area (Å²) >= 11 is 0. The Morgan fingerprint density at radius 1 is 1.53 bits per heavy atom. The van der Waals surface area contributed by atoms with Crippen molar-refractivity contribution in [1.82, 2.24) is 5.32 Å². The summed E-state index contributed by atoms with van der Waals surface area (Å²) in [6.45, 7) is 3.65. The van der Waals surface area contributed by atoms with Crippen LogP contribution in [-0.2, 0) is 0 Å². The van der Waals surface area contributed by atoms with Crippen LogP contribution in [-0.4, -0.2) is 23.6 Å². The zero-order chi connectivity index (χ0) is 14.5. The topological polar surface area (TPSA) is 88.2 Å². The number of nitrogens with one attached hydrogen (secondary N) is 1. The SMILES string of the molecule is CNC(C)(C#N)CC(C)Oc1ccc([N+](=O)[O-])cc1. The third-order valence-corrected chi connectivity index (χ3v) is 2.88. The lowest BCUT2D eigenvalue weighted by Gasteiger charge is -2.25. The van der Waals surface area contributed by atoms with E-state index in [0.717, 1.165) is 0 Å². The van der Waals surface area contributed by atoms with Crippen molar-refractivity contribution >= 4 is 5.69 Å². The number of hydrogen-bond donors (Lipinski definition) is 1. The molecule has 0 radical (unpaired) electrons. The van der Waals surface area contributed by atoms with Gasteiger partial charge in [-0.3, -0.25) is 10.1 Å². The number of nitro benzene ring substituents is 1. The Labute approximate surface area is 112 Å². The van der Waals surface area contributed by atoms with E-state index in [0.29, 0.717) is 12.2 Å². The van der Waals surface area contributed by atoms with Gasteiger partial charge < -0.3 is 10.1 Å². The minimum atomic E-state index is -0.653. The monoisotopic (exact) mass is 263 g/mol. The molecule has 1 aromatic rings. The fourth-order valence-corrected chi connectivity index (χ4v) is 1.70. The smallest absolute Gasteiger partial charge is 0.269 e. The van der Waals surface area contributed by atoms with Gasteiger partial charge in [-0.25, -0.2) is 0 Å². The van der Waals surface area contributed by atoms with Crippen molar-refractivity contribution in [2.24, 2.45) is 0 Å². The number of non-ortho nitro benzene ring substituents is 1. The number of benzene rings is 1. The summed E-state index contributed by atoms with van der Waals surface area (Å²) in [7, 11) is 1.72. The Morgan fingerprint density at radius 3 is 2.53 bits per heavy atom.